The number of anilines is 3. The Morgan fingerprint density at radius 1 is 1.00 bits per heavy atom. The van der Waals surface area contributed by atoms with Crippen LogP contribution in [0.4, 0.5) is 16.5 Å². The van der Waals surface area contributed by atoms with Crippen LogP contribution in [0.2, 0.25) is 5.15 Å². The number of benzene rings is 1. The lowest BCUT2D eigenvalue weighted by Gasteiger charge is -2.33. The molecule has 1 aromatic carbocycles. The number of nitrogens with zero attached hydrogens (tertiary/aromatic N) is 6. The molecular weight excluding hydrogens is 572 g/mol. The standard InChI is InChI=1S/C23H25ClN6O5S3/c1-27(37(2,32)33)18-6-4-3-5-16(18)22(31)30-10-9-17-19(30)7-8-21(25-17)38(34,35)29-13-11-28(12-14-29)23-26-20(24)15-36-23/h3-8,15H,9-14H2,1-2H3. The minimum absolute atomic E-state index is 0.0616. The predicted octanol–water partition coefficient (Wildman–Crippen LogP) is 2.30. The molecule has 0 aliphatic carbocycles. The number of piperazine rings is 1. The summed E-state index contributed by atoms with van der Waals surface area (Å²) in [5.74, 6) is -0.384. The molecule has 2 aliphatic rings. The number of hydrogen-bond donors (Lipinski definition) is 0. The van der Waals surface area contributed by atoms with Gasteiger partial charge < -0.3 is 9.80 Å². The Bertz CT molecular complexity index is 1600. The van der Waals surface area contributed by atoms with E-state index in [9.17, 15) is 21.6 Å². The Kier molecular flexibility index (Phi) is 7.11. The fraction of sp³-hybridized carbons (Fsp3) is 0.348. The molecule has 2 aliphatic heterocycles. The number of hydrogen-bond acceptors (Lipinski definition) is 9. The van der Waals surface area contributed by atoms with Gasteiger partial charge in [-0.3, -0.25) is 9.10 Å². The van der Waals surface area contributed by atoms with Gasteiger partial charge in [-0.15, -0.1) is 11.3 Å². The molecule has 0 unspecified atom stereocenters. The Morgan fingerprint density at radius 3 is 2.37 bits per heavy atom. The number of rotatable bonds is 6. The molecule has 5 rings (SSSR count). The summed E-state index contributed by atoms with van der Waals surface area (Å²) in [4.78, 5) is 25.7. The summed E-state index contributed by atoms with van der Waals surface area (Å²) in [6.07, 6.45) is 1.45. The molecule has 3 aromatic rings. The summed E-state index contributed by atoms with van der Waals surface area (Å²) in [5, 5.41) is 2.86. The van der Waals surface area contributed by atoms with E-state index >= 15 is 0 Å². The van der Waals surface area contributed by atoms with Crippen molar-refractivity contribution < 1.29 is 21.6 Å². The first-order valence-corrected chi connectivity index (χ1v) is 16.2. The molecule has 4 heterocycles. The van der Waals surface area contributed by atoms with Gasteiger partial charge in [0, 0.05) is 51.6 Å². The lowest BCUT2D eigenvalue weighted by atomic mass is 10.1. The molecule has 0 spiro atoms. The van der Waals surface area contributed by atoms with Crippen LogP contribution >= 0.6 is 22.9 Å². The summed E-state index contributed by atoms with van der Waals surface area (Å²) in [6.45, 7) is 1.84. The van der Waals surface area contributed by atoms with Crippen molar-refractivity contribution in [2.24, 2.45) is 0 Å². The fourth-order valence-electron chi connectivity index (χ4n) is 4.49. The van der Waals surface area contributed by atoms with Crippen LogP contribution in [-0.4, -0.2) is 83.0 Å². The van der Waals surface area contributed by atoms with Crippen molar-refractivity contribution in [3.8, 4) is 0 Å². The molecular formula is C23H25ClN6O5S3. The van der Waals surface area contributed by atoms with Crippen molar-refractivity contribution >= 4 is 65.4 Å². The zero-order chi connectivity index (χ0) is 27.2. The first kappa shape index (κ1) is 26.8. The van der Waals surface area contributed by atoms with E-state index in [4.69, 9.17) is 11.6 Å². The number of pyridine rings is 1. The predicted molar refractivity (Wildman–Crippen MR) is 147 cm³/mol. The molecule has 0 bridgehead atoms. The third-order valence-electron chi connectivity index (χ3n) is 6.58. The summed E-state index contributed by atoms with van der Waals surface area (Å²) < 4.78 is 53.4. The number of carbonyl (C=O) groups is 1. The molecule has 1 amide bonds. The van der Waals surface area contributed by atoms with Gasteiger partial charge >= 0.3 is 0 Å². The fourth-order valence-corrected chi connectivity index (χ4v) is 7.38. The summed E-state index contributed by atoms with van der Waals surface area (Å²) in [5.41, 5.74) is 1.50. The molecule has 1 saturated heterocycles. The summed E-state index contributed by atoms with van der Waals surface area (Å²) in [6, 6.07) is 9.49. The Labute approximate surface area is 230 Å². The number of amides is 1. The molecule has 0 radical (unpaired) electrons. The van der Waals surface area contributed by atoms with Crippen LogP contribution in [0.1, 0.15) is 16.1 Å². The topological polar surface area (TPSA) is 124 Å². The zero-order valence-corrected chi connectivity index (χ0v) is 23.8. The van der Waals surface area contributed by atoms with Crippen LogP contribution in [-0.2, 0) is 26.5 Å². The number of para-hydroxylation sites is 1. The number of aromatic nitrogens is 2. The van der Waals surface area contributed by atoms with Crippen molar-refractivity contribution in [3.05, 3.63) is 58.2 Å². The second-order valence-corrected chi connectivity index (χ2v) is 14.0. The lowest BCUT2D eigenvalue weighted by molar-refractivity contribution is 0.0990. The average Bonchev–Trinajstić information content (AvgIpc) is 3.53. The van der Waals surface area contributed by atoms with Crippen molar-refractivity contribution in [2.75, 3.05) is 60.1 Å². The Hall–Kier alpha value is -2.78. The normalized spacial score (nSPS) is 16.5. The number of sulfonamides is 2. The zero-order valence-electron chi connectivity index (χ0n) is 20.6. The van der Waals surface area contributed by atoms with Gasteiger partial charge in [0.25, 0.3) is 15.9 Å². The van der Waals surface area contributed by atoms with Crippen molar-refractivity contribution in [2.45, 2.75) is 11.4 Å². The van der Waals surface area contributed by atoms with E-state index in [1.807, 2.05) is 4.90 Å². The molecule has 202 valence electrons. The molecule has 15 heteroatoms. The highest BCUT2D eigenvalue weighted by atomic mass is 35.5. The van der Waals surface area contributed by atoms with Crippen molar-refractivity contribution in [1.29, 1.82) is 0 Å². The maximum absolute atomic E-state index is 13.5. The Balaban J connectivity index is 1.35. The molecule has 38 heavy (non-hydrogen) atoms. The molecule has 0 N–H and O–H groups in total. The highest BCUT2D eigenvalue weighted by molar-refractivity contribution is 7.92. The number of thiazole rings is 1. The first-order chi connectivity index (χ1) is 18.0. The van der Waals surface area contributed by atoms with Gasteiger partial charge in [-0.05, 0) is 24.3 Å². The van der Waals surface area contributed by atoms with E-state index in [1.165, 1.54) is 33.7 Å². The third-order valence-corrected chi connectivity index (χ3v) is 10.8. The van der Waals surface area contributed by atoms with E-state index in [-0.39, 0.29) is 35.3 Å². The van der Waals surface area contributed by atoms with E-state index in [2.05, 4.69) is 9.97 Å². The van der Waals surface area contributed by atoms with Crippen molar-refractivity contribution in [1.82, 2.24) is 14.3 Å². The van der Waals surface area contributed by atoms with Gasteiger partial charge in [-0.1, -0.05) is 23.7 Å². The molecule has 0 saturated carbocycles. The minimum atomic E-state index is -3.83. The van der Waals surface area contributed by atoms with Crippen molar-refractivity contribution in [3.63, 3.8) is 0 Å². The first-order valence-electron chi connectivity index (χ1n) is 11.7. The van der Waals surface area contributed by atoms with Gasteiger partial charge in [0.2, 0.25) is 10.0 Å². The van der Waals surface area contributed by atoms with Crippen LogP contribution in [0.15, 0.2) is 46.8 Å². The van der Waals surface area contributed by atoms with Crippen LogP contribution in [0.3, 0.4) is 0 Å². The van der Waals surface area contributed by atoms with Crippen LogP contribution in [0.5, 0.6) is 0 Å². The molecule has 11 nitrogen and oxygen atoms in total. The SMILES string of the molecule is CN(c1ccccc1C(=O)N1CCc2nc(S(=O)(=O)N3CCN(c4nc(Cl)cs4)CC3)ccc21)S(C)(=O)=O. The summed E-state index contributed by atoms with van der Waals surface area (Å²) in [7, 11) is -6.02. The smallest absolute Gasteiger partial charge is 0.260 e. The van der Waals surface area contributed by atoms with Gasteiger partial charge in [0.1, 0.15) is 5.15 Å². The Morgan fingerprint density at radius 2 is 1.71 bits per heavy atom. The van der Waals surface area contributed by atoms with Gasteiger partial charge in [-0.25, -0.2) is 26.8 Å². The van der Waals surface area contributed by atoms with Gasteiger partial charge in [0.15, 0.2) is 10.2 Å². The largest absolute Gasteiger partial charge is 0.345 e. The molecule has 0 atom stereocenters. The van der Waals surface area contributed by atoms with Gasteiger partial charge in [0.05, 0.1) is 28.9 Å². The number of fused-ring (bicyclic) bond motifs is 1. The quantitative estimate of drug-likeness (QED) is 0.425. The van der Waals surface area contributed by atoms with Crippen LogP contribution < -0.4 is 14.1 Å². The number of carbonyl (C=O) groups excluding carboxylic acids is 1. The highest BCUT2D eigenvalue weighted by Gasteiger charge is 2.34. The van der Waals surface area contributed by atoms with E-state index in [1.54, 1.807) is 35.7 Å². The molecule has 2 aromatic heterocycles. The minimum Gasteiger partial charge on any atom is -0.345 e. The maximum Gasteiger partial charge on any atom is 0.260 e. The lowest BCUT2D eigenvalue weighted by Crippen LogP contribution is -2.48. The van der Waals surface area contributed by atoms with Gasteiger partial charge in [-0.2, -0.15) is 4.31 Å². The number of halogens is 1. The van der Waals surface area contributed by atoms with E-state index < -0.39 is 20.0 Å². The second-order valence-electron chi connectivity index (χ2n) is 8.91. The van der Waals surface area contributed by atoms with E-state index in [0.29, 0.717) is 42.6 Å². The third kappa shape index (κ3) is 4.98. The second kappa shape index (κ2) is 10.1. The summed E-state index contributed by atoms with van der Waals surface area (Å²) >= 11 is 7.34. The average molecular weight is 597 g/mol. The monoisotopic (exact) mass is 596 g/mol. The van der Waals surface area contributed by atoms with E-state index in [0.717, 1.165) is 15.7 Å². The molecule has 1 fully saturated rings. The van der Waals surface area contributed by atoms with Crippen LogP contribution in [0.25, 0.3) is 0 Å². The maximum atomic E-state index is 13.5. The van der Waals surface area contributed by atoms with Crippen LogP contribution in [0, 0.1) is 0 Å². The highest BCUT2D eigenvalue weighted by Crippen LogP contribution is 2.32.